The van der Waals surface area contributed by atoms with Crippen molar-refractivity contribution in [2.45, 2.75) is 19.4 Å². The number of urea groups is 1. The molecule has 0 aliphatic heterocycles. The zero-order chi connectivity index (χ0) is 22.2. The molecule has 6 nitrogen and oxygen atoms in total. The van der Waals surface area contributed by atoms with Crippen LogP contribution in [0.2, 0.25) is 0 Å². The fourth-order valence-corrected chi connectivity index (χ4v) is 3.68. The van der Waals surface area contributed by atoms with E-state index in [1.807, 2.05) is 30.3 Å². The number of hydrogen-bond donors (Lipinski definition) is 2. The lowest BCUT2D eigenvalue weighted by Crippen LogP contribution is -2.38. The van der Waals surface area contributed by atoms with Crippen LogP contribution < -0.4 is 10.6 Å². The van der Waals surface area contributed by atoms with Crippen molar-refractivity contribution in [1.29, 1.82) is 0 Å². The number of thiazole rings is 1. The maximum absolute atomic E-state index is 13.8. The van der Waals surface area contributed by atoms with Crippen LogP contribution in [0.25, 0.3) is 0 Å². The quantitative estimate of drug-likeness (QED) is 0.547. The van der Waals surface area contributed by atoms with Crippen molar-refractivity contribution in [3.8, 4) is 0 Å². The monoisotopic (exact) mass is 444 g/mol. The third-order valence-corrected chi connectivity index (χ3v) is 5.33. The smallest absolute Gasteiger partial charge is 0.317 e. The fourth-order valence-electron chi connectivity index (χ4n) is 2.83. The van der Waals surface area contributed by atoms with E-state index in [1.165, 1.54) is 28.4 Å². The number of carbonyl (C=O) groups is 2. The van der Waals surface area contributed by atoms with Gasteiger partial charge in [-0.3, -0.25) is 4.79 Å². The number of carbonyl (C=O) groups excluding carboxylic acids is 2. The van der Waals surface area contributed by atoms with Crippen LogP contribution in [-0.2, 0) is 17.8 Å². The third-order valence-electron chi connectivity index (χ3n) is 4.42. The Bertz CT molecular complexity index is 1040. The highest BCUT2D eigenvalue weighted by atomic mass is 32.1. The summed E-state index contributed by atoms with van der Waals surface area (Å²) >= 11 is 1.22. The van der Waals surface area contributed by atoms with Crippen molar-refractivity contribution >= 4 is 28.4 Å². The molecule has 3 rings (SSSR count). The van der Waals surface area contributed by atoms with Gasteiger partial charge < -0.3 is 15.5 Å². The van der Waals surface area contributed by atoms with E-state index in [2.05, 4.69) is 15.6 Å². The van der Waals surface area contributed by atoms with Gasteiger partial charge in [-0.1, -0.05) is 36.4 Å². The van der Waals surface area contributed by atoms with Crippen LogP contribution in [0.4, 0.5) is 18.7 Å². The molecule has 3 aromatic rings. The predicted molar refractivity (Wildman–Crippen MR) is 116 cm³/mol. The summed E-state index contributed by atoms with van der Waals surface area (Å²) in [6, 6.07) is 12.8. The van der Waals surface area contributed by atoms with Gasteiger partial charge in [0.15, 0.2) is 5.13 Å². The molecule has 3 amide bonds. The Morgan fingerprint density at radius 3 is 2.65 bits per heavy atom. The van der Waals surface area contributed by atoms with Gasteiger partial charge in [-0.25, -0.2) is 18.6 Å². The lowest BCUT2D eigenvalue weighted by Gasteiger charge is -2.17. The number of nitrogens with zero attached hydrogens (tertiary/aromatic N) is 2. The first-order valence-electron chi connectivity index (χ1n) is 9.62. The molecule has 0 saturated heterocycles. The van der Waals surface area contributed by atoms with Crippen molar-refractivity contribution in [2.75, 3.05) is 18.9 Å². The standard InChI is InChI=1S/C22H22F2N4O2S/c1-28(14-15-5-3-2-4-6-15)22(30)25-10-9-20(29)27-21-26-13-18(31-21)11-16-7-8-17(23)12-19(16)24/h2-8,12-13H,9-11,14H2,1H3,(H,25,30)(H,26,27,29). The molecular formula is C22H22F2N4O2S. The maximum Gasteiger partial charge on any atom is 0.317 e. The number of benzene rings is 2. The molecule has 162 valence electrons. The van der Waals surface area contributed by atoms with E-state index < -0.39 is 11.6 Å². The highest BCUT2D eigenvalue weighted by Crippen LogP contribution is 2.22. The normalized spacial score (nSPS) is 10.5. The number of hydrogen-bond acceptors (Lipinski definition) is 4. The summed E-state index contributed by atoms with van der Waals surface area (Å²) in [5, 5.41) is 5.75. The van der Waals surface area contributed by atoms with Crippen LogP contribution in [0.15, 0.2) is 54.7 Å². The summed E-state index contributed by atoms with van der Waals surface area (Å²) in [5.41, 5.74) is 1.36. The molecule has 2 N–H and O–H groups in total. The Balaban J connectivity index is 1.41. The molecule has 0 unspecified atom stereocenters. The van der Waals surface area contributed by atoms with Crippen LogP contribution in [0.1, 0.15) is 22.4 Å². The number of halogens is 2. The molecule has 0 saturated carbocycles. The number of aromatic nitrogens is 1. The van der Waals surface area contributed by atoms with Gasteiger partial charge in [0.1, 0.15) is 11.6 Å². The van der Waals surface area contributed by atoms with Gasteiger partial charge in [0.2, 0.25) is 5.91 Å². The average molecular weight is 445 g/mol. The Morgan fingerprint density at radius 2 is 1.90 bits per heavy atom. The second-order valence-corrected chi connectivity index (χ2v) is 8.03. The summed E-state index contributed by atoms with van der Waals surface area (Å²) < 4.78 is 26.8. The molecule has 0 aliphatic carbocycles. The van der Waals surface area contributed by atoms with Gasteiger partial charge in [0.05, 0.1) is 0 Å². The average Bonchev–Trinajstić information content (AvgIpc) is 3.17. The Kier molecular flexibility index (Phi) is 7.66. The molecule has 0 aliphatic rings. The van der Waals surface area contributed by atoms with Gasteiger partial charge in [-0.15, -0.1) is 11.3 Å². The predicted octanol–water partition coefficient (Wildman–Crippen LogP) is 4.18. The first-order valence-corrected chi connectivity index (χ1v) is 10.4. The molecule has 9 heteroatoms. The zero-order valence-corrected chi connectivity index (χ0v) is 17.7. The summed E-state index contributed by atoms with van der Waals surface area (Å²) in [6.45, 7) is 0.651. The van der Waals surface area contributed by atoms with Crippen LogP contribution in [0.5, 0.6) is 0 Å². The van der Waals surface area contributed by atoms with Crippen LogP contribution in [0.3, 0.4) is 0 Å². The fraction of sp³-hybridized carbons (Fsp3) is 0.227. The Labute approximate surface area is 182 Å². The molecular weight excluding hydrogens is 422 g/mol. The minimum absolute atomic E-state index is 0.0897. The lowest BCUT2D eigenvalue weighted by atomic mass is 10.1. The largest absolute Gasteiger partial charge is 0.337 e. The van der Waals surface area contributed by atoms with Crippen molar-refractivity contribution < 1.29 is 18.4 Å². The number of amides is 3. The third kappa shape index (κ3) is 6.85. The SMILES string of the molecule is CN(Cc1ccccc1)C(=O)NCCC(=O)Nc1ncc(Cc2ccc(F)cc2F)s1. The second kappa shape index (κ2) is 10.6. The second-order valence-electron chi connectivity index (χ2n) is 6.92. The molecule has 1 heterocycles. The first kappa shape index (κ1) is 22.4. The van der Waals surface area contributed by atoms with Crippen molar-refractivity contribution in [1.82, 2.24) is 15.2 Å². The minimum Gasteiger partial charge on any atom is -0.337 e. The maximum atomic E-state index is 13.8. The van der Waals surface area contributed by atoms with Crippen LogP contribution in [0, 0.1) is 11.6 Å². The summed E-state index contributed by atoms with van der Waals surface area (Å²) in [4.78, 5) is 30.6. The topological polar surface area (TPSA) is 74.3 Å². The van der Waals surface area contributed by atoms with E-state index in [1.54, 1.807) is 13.2 Å². The first-order chi connectivity index (χ1) is 14.9. The Morgan fingerprint density at radius 1 is 1.13 bits per heavy atom. The highest BCUT2D eigenvalue weighted by molar-refractivity contribution is 7.15. The van der Waals surface area contributed by atoms with Gasteiger partial charge in [-0.2, -0.15) is 0 Å². The number of nitrogens with one attached hydrogen (secondary N) is 2. The summed E-state index contributed by atoms with van der Waals surface area (Å²) in [7, 11) is 1.68. The lowest BCUT2D eigenvalue weighted by molar-refractivity contribution is -0.116. The van der Waals surface area contributed by atoms with E-state index in [-0.39, 0.29) is 31.3 Å². The van der Waals surface area contributed by atoms with Gasteiger partial charge in [0.25, 0.3) is 0 Å². The van der Waals surface area contributed by atoms with Crippen molar-refractivity contribution in [3.63, 3.8) is 0 Å². The van der Waals surface area contributed by atoms with Crippen LogP contribution in [-0.4, -0.2) is 35.4 Å². The molecule has 0 fully saturated rings. The highest BCUT2D eigenvalue weighted by Gasteiger charge is 2.12. The molecule has 31 heavy (non-hydrogen) atoms. The van der Waals surface area contributed by atoms with E-state index in [4.69, 9.17) is 0 Å². The van der Waals surface area contributed by atoms with Gasteiger partial charge in [-0.05, 0) is 17.2 Å². The van der Waals surface area contributed by atoms with Crippen LogP contribution >= 0.6 is 11.3 Å². The summed E-state index contributed by atoms with van der Waals surface area (Å²) in [6.07, 6.45) is 1.89. The zero-order valence-electron chi connectivity index (χ0n) is 16.9. The van der Waals surface area contributed by atoms with E-state index in [9.17, 15) is 18.4 Å². The number of anilines is 1. The molecule has 1 aromatic heterocycles. The Hall–Kier alpha value is -3.33. The van der Waals surface area contributed by atoms with E-state index in [0.717, 1.165) is 16.5 Å². The molecule has 0 bridgehead atoms. The van der Waals surface area contributed by atoms with E-state index in [0.29, 0.717) is 17.2 Å². The van der Waals surface area contributed by atoms with Gasteiger partial charge in [0, 0.05) is 50.1 Å². The van der Waals surface area contributed by atoms with Crippen molar-refractivity contribution in [3.05, 3.63) is 82.4 Å². The van der Waals surface area contributed by atoms with Gasteiger partial charge >= 0.3 is 6.03 Å². The molecule has 0 atom stereocenters. The molecule has 0 radical (unpaired) electrons. The number of rotatable bonds is 8. The van der Waals surface area contributed by atoms with E-state index >= 15 is 0 Å². The van der Waals surface area contributed by atoms with Crippen molar-refractivity contribution in [2.24, 2.45) is 0 Å². The summed E-state index contributed by atoms with van der Waals surface area (Å²) in [5.74, 6) is -1.54. The molecule has 0 spiro atoms. The minimum atomic E-state index is -0.628. The molecule has 2 aromatic carbocycles.